The number of nitrogens with zero attached hydrogens (tertiary/aromatic N) is 1. The number of pyridine rings is 1. The van der Waals surface area contributed by atoms with Crippen LogP contribution in [0.1, 0.15) is 12.5 Å². The highest BCUT2D eigenvalue weighted by Gasteiger charge is 2.31. The second-order valence-electron chi connectivity index (χ2n) is 5.67. The smallest absolute Gasteiger partial charge is 0.204 e. The summed E-state index contributed by atoms with van der Waals surface area (Å²) in [6, 6.07) is 15.4. The molecule has 0 saturated carbocycles. The quantitative estimate of drug-likeness (QED) is 0.340. The van der Waals surface area contributed by atoms with Gasteiger partial charge in [-0.3, -0.25) is 0 Å². The molecule has 0 spiro atoms. The lowest BCUT2D eigenvalue weighted by molar-refractivity contribution is -0.692. The number of halogens is 4. The number of benzene rings is 2. The van der Waals surface area contributed by atoms with E-state index in [1.54, 1.807) is 6.07 Å². The molecular weight excluding hydrogens is 438 g/mol. The van der Waals surface area contributed by atoms with Crippen molar-refractivity contribution < 1.29 is 17.7 Å². The first kappa shape index (κ1) is 17.9. The molecule has 3 rings (SSSR count). The van der Waals surface area contributed by atoms with E-state index in [0.717, 1.165) is 32.9 Å². The van der Waals surface area contributed by atoms with Gasteiger partial charge in [0, 0.05) is 3.57 Å². The van der Waals surface area contributed by atoms with Crippen LogP contribution in [-0.4, -0.2) is 0 Å². The van der Waals surface area contributed by atoms with E-state index in [4.69, 9.17) is 0 Å². The third-order valence-corrected chi connectivity index (χ3v) is 5.18. The first-order valence-corrected chi connectivity index (χ1v) is 8.93. The van der Waals surface area contributed by atoms with Gasteiger partial charge in [-0.05, 0) is 52.8 Å². The molecule has 25 heavy (non-hydrogen) atoms. The lowest BCUT2D eigenvalue weighted by Gasteiger charge is -2.12. The third kappa shape index (κ3) is 3.86. The predicted molar refractivity (Wildman–Crippen MR) is 101 cm³/mol. The van der Waals surface area contributed by atoms with E-state index in [9.17, 15) is 13.2 Å². The molecule has 1 aromatic heterocycles. The Morgan fingerprint density at radius 1 is 0.880 bits per heavy atom. The maximum atomic E-state index is 13.1. The van der Waals surface area contributed by atoms with E-state index < -0.39 is 11.7 Å². The first-order valence-electron chi connectivity index (χ1n) is 7.86. The van der Waals surface area contributed by atoms with E-state index >= 15 is 0 Å². The van der Waals surface area contributed by atoms with Gasteiger partial charge in [-0.1, -0.05) is 42.5 Å². The van der Waals surface area contributed by atoms with Crippen molar-refractivity contribution in [1.82, 2.24) is 0 Å². The number of aryl methyl sites for hydroxylation is 1. The van der Waals surface area contributed by atoms with Gasteiger partial charge in [0.25, 0.3) is 0 Å². The number of hydrogen-bond donors (Lipinski definition) is 0. The summed E-state index contributed by atoms with van der Waals surface area (Å²) < 4.78 is 42.1. The van der Waals surface area contributed by atoms with Crippen LogP contribution in [0.2, 0.25) is 0 Å². The molecule has 1 heterocycles. The van der Waals surface area contributed by atoms with Crippen molar-refractivity contribution in [3.05, 3.63) is 76.1 Å². The Labute approximate surface area is 158 Å². The molecule has 0 unspecified atom stereocenters. The molecular formula is C20H16F3IN+. The Hall–Kier alpha value is -1.89. The Bertz CT molecular complexity index is 889. The van der Waals surface area contributed by atoms with E-state index in [0.29, 0.717) is 5.56 Å². The molecule has 0 aliphatic rings. The van der Waals surface area contributed by atoms with Crippen LogP contribution < -0.4 is 4.57 Å². The van der Waals surface area contributed by atoms with Gasteiger partial charge in [-0.15, -0.1) is 0 Å². The minimum absolute atomic E-state index is 0.569. The minimum atomic E-state index is -4.35. The third-order valence-electron chi connectivity index (χ3n) is 4.01. The summed E-state index contributed by atoms with van der Waals surface area (Å²) in [5.74, 6) is 0. The summed E-state index contributed by atoms with van der Waals surface area (Å²) in [5, 5.41) is 0. The molecule has 0 atom stereocenters. The Balaban J connectivity index is 2.20. The molecule has 0 aliphatic carbocycles. The van der Waals surface area contributed by atoms with Crippen LogP contribution in [0.15, 0.2) is 67.0 Å². The zero-order valence-electron chi connectivity index (χ0n) is 13.5. The fourth-order valence-corrected chi connectivity index (χ4v) is 3.59. The van der Waals surface area contributed by atoms with Crippen molar-refractivity contribution in [3.63, 3.8) is 0 Å². The van der Waals surface area contributed by atoms with Gasteiger partial charge >= 0.3 is 6.18 Å². The summed E-state index contributed by atoms with van der Waals surface area (Å²) in [4.78, 5) is 0. The van der Waals surface area contributed by atoms with E-state index in [1.807, 2.05) is 54.2 Å². The van der Waals surface area contributed by atoms with Crippen molar-refractivity contribution in [1.29, 1.82) is 0 Å². The molecule has 0 radical (unpaired) electrons. The minimum Gasteiger partial charge on any atom is -0.204 e. The second kappa shape index (κ2) is 7.15. The molecule has 0 N–H and O–H groups in total. The molecule has 0 saturated heterocycles. The van der Waals surface area contributed by atoms with Gasteiger partial charge in [0.15, 0.2) is 12.4 Å². The molecule has 128 valence electrons. The van der Waals surface area contributed by atoms with E-state index in [-0.39, 0.29) is 0 Å². The zero-order valence-corrected chi connectivity index (χ0v) is 15.7. The van der Waals surface area contributed by atoms with Crippen molar-refractivity contribution in [2.45, 2.75) is 19.6 Å². The lowest BCUT2D eigenvalue weighted by Crippen LogP contribution is -2.32. The van der Waals surface area contributed by atoms with Crippen LogP contribution in [0.3, 0.4) is 0 Å². The molecule has 5 heteroatoms. The van der Waals surface area contributed by atoms with Gasteiger partial charge in [0.05, 0.1) is 16.7 Å². The molecule has 2 aromatic carbocycles. The number of hydrogen-bond acceptors (Lipinski definition) is 0. The fraction of sp³-hybridized carbons (Fsp3) is 0.150. The highest BCUT2D eigenvalue weighted by atomic mass is 127. The predicted octanol–water partition coefficient (Wildman–Crippen LogP) is 5.95. The average molecular weight is 454 g/mol. The van der Waals surface area contributed by atoms with Gasteiger partial charge in [0.1, 0.15) is 6.54 Å². The molecule has 0 aliphatic heterocycles. The van der Waals surface area contributed by atoms with Crippen molar-refractivity contribution >= 4 is 22.6 Å². The molecule has 3 aromatic rings. The fourth-order valence-electron chi connectivity index (χ4n) is 2.69. The second-order valence-corrected chi connectivity index (χ2v) is 6.75. The summed E-state index contributed by atoms with van der Waals surface area (Å²) in [5.41, 5.74) is 2.80. The summed E-state index contributed by atoms with van der Waals surface area (Å²) in [6.07, 6.45) is -0.406. The van der Waals surface area contributed by atoms with Gasteiger partial charge < -0.3 is 0 Å². The Kier molecular flexibility index (Phi) is 5.13. The normalized spacial score (nSPS) is 11.6. The SMILES string of the molecule is CC[n+]1cc(-c2ccccc2)c(I)c(-c2cccc(C(F)(F)F)c2)c1. The van der Waals surface area contributed by atoms with Gasteiger partial charge in [0.2, 0.25) is 0 Å². The summed E-state index contributed by atoms with van der Waals surface area (Å²) in [7, 11) is 0. The van der Waals surface area contributed by atoms with Crippen LogP contribution in [0, 0.1) is 3.57 Å². The maximum Gasteiger partial charge on any atom is 0.416 e. The van der Waals surface area contributed by atoms with Crippen molar-refractivity contribution in [2.75, 3.05) is 0 Å². The average Bonchev–Trinajstić information content (AvgIpc) is 2.62. The summed E-state index contributed by atoms with van der Waals surface area (Å²) >= 11 is 2.22. The number of rotatable bonds is 3. The first-order chi connectivity index (χ1) is 11.9. The van der Waals surface area contributed by atoms with Crippen LogP contribution in [-0.2, 0) is 12.7 Å². The van der Waals surface area contributed by atoms with E-state index in [1.165, 1.54) is 12.1 Å². The lowest BCUT2D eigenvalue weighted by atomic mass is 10.00. The zero-order chi connectivity index (χ0) is 18.0. The van der Waals surface area contributed by atoms with Crippen LogP contribution in [0.25, 0.3) is 22.3 Å². The number of alkyl halides is 3. The highest BCUT2D eigenvalue weighted by molar-refractivity contribution is 14.1. The maximum absolute atomic E-state index is 13.1. The van der Waals surface area contributed by atoms with Crippen molar-refractivity contribution in [3.8, 4) is 22.3 Å². The largest absolute Gasteiger partial charge is 0.416 e. The summed E-state index contributed by atoms with van der Waals surface area (Å²) in [6.45, 7) is 2.75. The molecule has 0 amide bonds. The van der Waals surface area contributed by atoms with Crippen LogP contribution in [0.4, 0.5) is 13.2 Å². The van der Waals surface area contributed by atoms with Gasteiger partial charge in [-0.25, -0.2) is 4.57 Å². The highest BCUT2D eigenvalue weighted by Crippen LogP contribution is 2.35. The van der Waals surface area contributed by atoms with Crippen LogP contribution in [0.5, 0.6) is 0 Å². The molecule has 0 fully saturated rings. The Morgan fingerprint density at radius 3 is 2.08 bits per heavy atom. The monoisotopic (exact) mass is 454 g/mol. The topological polar surface area (TPSA) is 3.88 Å². The molecule has 1 nitrogen and oxygen atoms in total. The van der Waals surface area contributed by atoms with Crippen molar-refractivity contribution in [2.24, 2.45) is 0 Å². The molecule has 0 bridgehead atoms. The van der Waals surface area contributed by atoms with E-state index in [2.05, 4.69) is 22.6 Å². The number of aromatic nitrogens is 1. The standard InChI is InChI=1S/C20H16F3IN/c1-2-25-12-17(14-7-4-3-5-8-14)19(24)18(13-25)15-9-6-10-16(11-15)20(21,22)23/h3-13H,2H2,1H3/q+1. The van der Waals surface area contributed by atoms with Gasteiger partial charge in [-0.2, -0.15) is 13.2 Å². The Morgan fingerprint density at radius 2 is 1.48 bits per heavy atom. The van der Waals surface area contributed by atoms with Crippen LogP contribution >= 0.6 is 22.6 Å².